The van der Waals surface area contributed by atoms with Gasteiger partial charge >= 0.3 is 11.9 Å². The van der Waals surface area contributed by atoms with Gasteiger partial charge in [0.15, 0.2) is 18.1 Å². The van der Waals surface area contributed by atoms with E-state index in [2.05, 4.69) is 0 Å². The standard InChI is InChI=1S/C20H27ClO7/c1-19(2,3)26-17(23)10-14-9-13(15(22)11-21)7-8-16(14)28-25-12-18(24)27-20(4,5)6/h7-9H,10-12H2,1-6H3. The van der Waals surface area contributed by atoms with Crippen molar-refractivity contribution >= 4 is 29.3 Å². The zero-order chi connectivity index (χ0) is 21.5. The summed E-state index contributed by atoms with van der Waals surface area (Å²) in [7, 11) is 0. The van der Waals surface area contributed by atoms with Gasteiger partial charge in [0.2, 0.25) is 0 Å². The average Bonchev–Trinajstić information content (AvgIpc) is 2.51. The van der Waals surface area contributed by atoms with Crippen molar-refractivity contribution in [3.63, 3.8) is 0 Å². The first-order valence-electron chi connectivity index (χ1n) is 8.76. The van der Waals surface area contributed by atoms with E-state index in [1.54, 1.807) is 41.5 Å². The summed E-state index contributed by atoms with van der Waals surface area (Å²) in [5, 5.41) is 0. The minimum atomic E-state index is -0.658. The Hall–Kier alpha value is -2.12. The molecule has 7 nitrogen and oxygen atoms in total. The Morgan fingerprint density at radius 1 is 0.929 bits per heavy atom. The molecule has 28 heavy (non-hydrogen) atoms. The summed E-state index contributed by atoms with van der Waals surface area (Å²) in [6.45, 7) is 10.0. The van der Waals surface area contributed by atoms with Crippen LogP contribution in [0.15, 0.2) is 18.2 Å². The predicted octanol–water partition coefficient (Wildman–Crippen LogP) is 3.64. The van der Waals surface area contributed by atoms with Crippen LogP contribution in [-0.2, 0) is 30.4 Å². The summed E-state index contributed by atoms with van der Waals surface area (Å²) in [6.07, 6.45) is -0.147. The lowest BCUT2D eigenvalue weighted by Crippen LogP contribution is -2.27. The largest absolute Gasteiger partial charge is 0.460 e. The molecule has 0 aromatic heterocycles. The van der Waals surface area contributed by atoms with Gasteiger partial charge in [0.05, 0.1) is 12.3 Å². The van der Waals surface area contributed by atoms with Crippen molar-refractivity contribution in [3.05, 3.63) is 29.3 Å². The Morgan fingerprint density at radius 2 is 1.50 bits per heavy atom. The van der Waals surface area contributed by atoms with Crippen LogP contribution in [0.3, 0.4) is 0 Å². The second-order valence-corrected chi connectivity index (χ2v) is 8.34. The van der Waals surface area contributed by atoms with Crippen LogP contribution >= 0.6 is 11.6 Å². The Bertz CT molecular complexity index is 714. The van der Waals surface area contributed by atoms with Gasteiger partial charge in [-0.05, 0) is 59.7 Å². The molecular formula is C20H27ClO7. The lowest BCUT2D eigenvalue weighted by Gasteiger charge is -2.20. The normalized spacial score (nSPS) is 11.7. The smallest absolute Gasteiger partial charge is 0.337 e. The fraction of sp³-hybridized carbons (Fsp3) is 0.550. The third-order valence-corrected chi connectivity index (χ3v) is 3.25. The van der Waals surface area contributed by atoms with Crippen LogP contribution in [-0.4, -0.2) is 41.4 Å². The van der Waals surface area contributed by atoms with E-state index in [9.17, 15) is 14.4 Å². The average molecular weight is 415 g/mol. The summed E-state index contributed by atoms with van der Waals surface area (Å²) in [4.78, 5) is 45.8. The van der Waals surface area contributed by atoms with Crippen molar-refractivity contribution < 1.29 is 33.6 Å². The maximum absolute atomic E-state index is 12.2. The fourth-order valence-corrected chi connectivity index (χ4v) is 2.25. The van der Waals surface area contributed by atoms with Crippen LogP contribution in [0.4, 0.5) is 0 Å². The van der Waals surface area contributed by atoms with Gasteiger partial charge in [0, 0.05) is 11.1 Å². The molecule has 0 radical (unpaired) electrons. The zero-order valence-corrected chi connectivity index (χ0v) is 17.8. The number of hydrogen-bond acceptors (Lipinski definition) is 7. The monoisotopic (exact) mass is 414 g/mol. The molecule has 0 heterocycles. The topological polar surface area (TPSA) is 88.1 Å². The number of carbonyl (C=O) groups is 3. The van der Waals surface area contributed by atoms with E-state index in [1.807, 2.05) is 0 Å². The first-order chi connectivity index (χ1) is 12.8. The van der Waals surface area contributed by atoms with E-state index in [-0.39, 0.29) is 23.8 Å². The number of halogens is 1. The summed E-state index contributed by atoms with van der Waals surface area (Å²) < 4.78 is 10.4. The number of Topliss-reactive ketones (excluding diaryl/α,β-unsaturated/α-hetero) is 1. The molecule has 1 aromatic rings. The molecule has 1 aromatic carbocycles. The summed E-state index contributed by atoms with van der Waals surface area (Å²) >= 11 is 5.59. The third kappa shape index (κ3) is 9.19. The fourth-order valence-electron chi connectivity index (χ4n) is 2.09. The Morgan fingerprint density at radius 3 is 2.04 bits per heavy atom. The number of ketones is 1. The molecule has 0 unspecified atom stereocenters. The number of benzene rings is 1. The molecule has 156 valence electrons. The lowest BCUT2D eigenvalue weighted by atomic mass is 10.0. The van der Waals surface area contributed by atoms with Crippen molar-refractivity contribution in [3.8, 4) is 5.75 Å². The second kappa shape index (κ2) is 9.89. The van der Waals surface area contributed by atoms with Crippen LogP contribution in [0, 0.1) is 0 Å². The lowest BCUT2D eigenvalue weighted by molar-refractivity contribution is -0.221. The molecular weight excluding hydrogens is 388 g/mol. The highest BCUT2D eigenvalue weighted by Crippen LogP contribution is 2.23. The maximum Gasteiger partial charge on any atom is 0.337 e. The van der Waals surface area contributed by atoms with Crippen molar-refractivity contribution in [2.45, 2.75) is 59.2 Å². The first-order valence-corrected chi connectivity index (χ1v) is 9.29. The molecule has 0 spiro atoms. The number of esters is 2. The molecule has 0 aliphatic heterocycles. The first kappa shape index (κ1) is 23.9. The molecule has 0 bridgehead atoms. The Kier molecular flexibility index (Phi) is 8.45. The highest BCUT2D eigenvalue weighted by molar-refractivity contribution is 6.30. The van der Waals surface area contributed by atoms with Crippen LogP contribution in [0.1, 0.15) is 57.5 Å². The van der Waals surface area contributed by atoms with Crippen LogP contribution in [0.2, 0.25) is 0 Å². The number of ether oxygens (including phenoxy) is 2. The van der Waals surface area contributed by atoms with E-state index in [0.29, 0.717) is 11.1 Å². The van der Waals surface area contributed by atoms with Crippen LogP contribution in [0.25, 0.3) is 0 Å². The summed E-state index contributed by atoms with van der Waals surface area (Å²) in [6, 6.07) is 4.45. The maximum atomic E-state index is 12.2. The van der Waals surface area contributed by atoms with Gasteiger partial charge in [0.25, 0.3) is 0 Å². The minimum Gasteiger partial charge on any atom is -0.460 e. The number of rotatable bonds is 8. The number of carbonyl (C=O) groups excluding carboxylic acids is 3. The van der Waals surface area contributed by atoms with Crippen molar-refractivity contribution in [1.29, 1.82) is 0 Å². The van der Waals surface area contributed by atoms with Gasteiger partial charge in [0.1, 0.15) is 11.2 Å². The van der Waals surface area contributed by atoms with Gasteiger partial charge in [-0.15, -0.1) is 11.6 Å². The third-order valence-electron chi connectivity index (χ3n) is 3.00. The van der Waals surface area contributed by atoms with Gasteiger partial charge < -0.3 is 14.4 Å². The van der Waals surface area contributed by atoms with Gasteiger partial charge in [-0.1, -0.05) is 0 Å². The molecule has 0 aliphatic carbocycles. The molecule has 0 N–H and O–H groups in total. The minimum absolute atomic E-state index is 0.147. The summed E-state index contributed by atoms with van der Waals surface area (Å²) in [5.41, 5.74) is -0.608. The molecule has 0 aliphatic rings. The Labute approximate surface area is 170 Å². The molecule has 0 saturated heterocycles. The number of hydrogen-bond donors (Lipinski definition) is 0. The van der Waals surface area contributed by atoms with Crippen molar-refractivity contribution in [1.82, 2.24) is 0 Å². The molecule has 1 rings (SSSR count). The highest BCUT2D eigenvalue weighted by atomic mass is 35.5. The second-order valence-electron chi connectivity index (χ2n) is 8.07. The van der Waals surface area contributed by atoms with Crippen LogP contribution in [0.5, 0.6) is 5.75 Å². The van der Waals surface area contributed by atoms with Gasteiger partial charge in [-0.3, -0.25) is 9.59 Å². The van der Waals surface area contributed by atoms with E-state index >= 15 is 0 Å². The SMILES string of the molecule is CC(C)(C)OC(=O)COOc1ccc(C(=O)CCl)cc1CC(=O)OC(C)(C)C. The number of alkyl halides is 1. The van der Waals surface area contributed by atoms with E-state index in [1.165, 1.54) is 18.2 Å². The molecule has 0 fully saturated rings. The van der Waals surface area contributed by atoms with E-state index < -0.39 is 29.7 Å². The molecule has 8 heteroatoms. The van der Waals surface area contributed by atoms with Crippen molar-refractivity contribution in [2.24, 2.45) is 0 Å². The van der Waals surface area contributed by atoms with E-state index in [0.717, 1.165) is 0 Å². The van der Waals surface area contributed by atoms with Crippen molar-refractivity contribution in [2.75, 3.05) is 12.5 Å². The predicted molar refractivity (Wildman–Crippen MR) is 103 cm³/mol. The Balaban J connectivity index is 2.89. The summed E-state index contributed by atoms with van der Waals surface area (Å²) in [5.74, 6) is -1.41. The van der Waals surface area contributed by atoms with E-state index in [4.69, 9.17) is 30.8 Å². The highest BCUT2D eigenvalue weighted by Gasteiger charge is 2.21. The van der Waals surface area contributed by atoms with Gasteiger partial charge in [-0.2, -0.15) is 4.89 Å². The molecule has 0 amide bonds. The zero-order valence-electron chi connectivity index (χ0n) is 17.1. The molecule has 0 atom stereocenters. The quantitative estimate of drug-likeness (QED) is 0.211. The van der Waals surface area contributed by atoms with Crippen LogP contribution < -0.4 is 4.89 Å². The molecule has 0 saturated carbocycles. The van der Waals surface area contributed by atoms with Gasteiger partial charge in [-0.25, -0.2) is 4.79 Å².